The van der Waals surface area contributed by atoms with Gasteiger partial charge in [0, 0.05) is 6.54 Å². The number of aliphatic hydroxyl groups excluding tert-OH is 1. The van der Waals surface area contributed by atoms with E-state index in [1.165, 1.54) is 0 Å². The second-order valence-electron chi connectivity index (χ2n) is 6.05. The topological polar surface area (TPSA) is 75.3 Å². The maximum atomic E-state index is 11.9. The Balaban J connectivity index is 2.43. The SMILES string of the molecule is CC(C)(C)CC(O)CNC(=O)[C@@H](N)c1ccccc1. The van der Waals surface area contributed by atoms with E-state index in [9.17, 15) is 9.90 Å². The standard InChI is InChI=1S/C15H24N2O2/c1-15(2,3)9-12(18)10-17-14(19)13(16)11-7-5-4-6-8-11/h4-8,12-13,18H,9-10,16H2,1-3H3,(H,17,19)/t12?,13-/m0/s1. The van der Waals surface area contributed by atoms with Crippen molar-refractivity contribution in [3.63, 3.8) is 0 Å². The van der Waals surface area contributed by atoms with Crippen LogP contribution in [-0.4, -0.2) is 23.7 Å². The van der Waals surface area contributed by atoms with Crippen molar-refractivity contribution >= 4 is 5.91 Å². The van der Waals surface area contributed by atoms with Gasteiger partial charge < -0.3 is 16.2 Å². The van der Waals surface area contributed by atoms with E-state index >= 15 is 0 Å². The van der Waals surface area contributed by atoms with Crippen LogP contribution < -0.4 is 11.1 Å². The lowest BCUT2D eigenvalue weighted by Gasteiger charge is -2.23. The van der Waals surface area contributed by atoms with Gasteiger partial charge in [0.15, 0.2) is 0 Å². The third-order valence-corrected chi connectivity index (χ3v) is 2.80. The van der Waals surface area contributed by atoms with Crippen molar-refractivity contribution in [1.82, 2.24) is 5.32 Å². The molecule has 0 heterocycles. The first-order chi connectivity index (χ1) is 8.79. The third kappa shape index (κ3) is 5.85. The van der Waals surface area contributed by atoms with Gasteiger partial charge in [-0.15, -0.1) is 0 Å². The fraction of sp³-hybridized carbons (Fsp3) is 0.533. The first-order valence-corrected chi connectivity index (χ1v) is 6.56. The minimum atomic E-state index is -0.692. The van der Waals surface area contributed by atoms with Gasteiger partial charge in [-0.3, -0.25) is 4.79 Å². The van der Waals surface area contributed by atoms with Crippen LogP contribution in [0.25, 0.3) is 0 Å². The monoisotopic (exact) mass is 264 g/mol. The first kappa shape index (κ1) is 15.7. The number of hydrogen-bond donors (Lipinski definition) is 3. The van der Waals surface area contributed by atoms with Crippen molar-refractivity contribution < 1.29 is 9.90 Å². The Kier molecular flexibility index (Phi) is 5.51. The summed E-state index contributed by atoms with van der Waals surface area (Å²) in [6.45, 7) is 6.38. The van der Waals surface area contributed by atoms with Crippen LogP contribution in [0.1, 0.15) is 38.8 Å². The molecule has 0 aliphatic rings. The van der Waals surface area contributed by atoms with Gasteiger partial charge in [0.1, 0.15) is 6.04 Å². The zero-order chi connectivity index (χ0) is 14.5. The number of amides is 1. The molecule has 2 atom stereocenters. The lowest BCUT2D eigenvalue weighted by atomic mass is 9.89. The Morgan fingerprint density at radius 2 is 1.89 bits per heavy atom. The van der Waals surface area contributed by atoms with Gasteiger partial charge in [0.2, 0.25) is 5.91 Å². The molecular weight excluding hydrogens is 240 g/mol. The minimum absolute atomic E-state index is 0.0334. The summed E-state index contributed by atoms with van der Waals surface area (Å²) >= 11 is 0. The summed E-state index contributed by atoms with van der Waals surface area (Å²) in [6.07, 6.45) is 0.0836. The van der Waals surface area contributed by atoms with Gasteiger partial charge in [-0.1, -0.05) is 51.1 Å². The number of carbonyl (C=O) groups excluding carboxylic acids is 1. The number of aliphatic hydroxyl groups is 1. The first-order valence-electron chi connectivity index (χ1n) is 6.56. The Morgan fingerprint density at radius 3 is 2.42 bits per heavy atom. The van der Waals surface area contributed by atoms with Gasteiger partial charge in [-0.2, -0.15) is 0 Å². The van der Waals surface area contributed by atoms with Crippen molar-refractivity contribution in [3.05, 3.63) is 35.9 Å². The molecule has 0 aromatic heterocycles. The fourth-order valence-electron chi connectivity index (χ4n) is 1.92. The van der Waals surface area contributed by atoms with E-state index in [4.69, 9.17) is 5.73 Å². The highest BCUT2D eigenvalue weighted by molar-refractivity contribution is 5.82. The number of nitrogens with one attached hydrogen (secondary N) is 1. The third-order valence-electron chi connectivity index (χ3n) is 2.80. The summed E-state index contributed by atoms with van der Waals surface area (Å²) in [5.41, 5.74) is 6.66. The van der Waals surface area contributed by atoms with Crippen molar-refractivity contribution in [3.8, 4) is 0 Å². The van der Waals surface area contributed by atoms with E-state index in [1.54, 1.807) is 0 Å². The van der Waals surface area contributed by atoms with Gasteiger partial charge in [0.05, 0.1) is 6.10 Å². The molecule has 1 amide bonds. The average molecular weight is 264 g/mol. The predicted octanol–water partition coefficient (Wildman–Crippen LogP) is 1.60. The molecule has 4 nitrogen and oxygen atoms in total. The van der Waals surface area contributed by atoms with Gasteiger partial charge in [0.25, 0.3) is 0 Å². The molecule has 0 aliphatic heterocycles. The summed E-state index contributed by atoms with van der Waals surface area (Å²) in [7, 11) is 0. The van der Waals surface area contributed by atoms with Gasteiger partial charge >= 0.3 is 0 Å². The van der Waals surface area contributed by atoms with Crippen LogP contribution in [0.5, 0.6) is 0 Å². The lowest BCUT2D eigenvalue weighted by molar-refractivity contribution is -0.123. The Morgan fingerprint density at radius 1 is 1.32 bits per heavy atom. The van der Waals surface area contributed by atoms with Gasteiger partial charge in [-0.25, -0.2) is 0 Å². The summed E-state index contributed by atoms with van der Waals surface area (Å²) in [5.74, 6) is -0.265. The molecule has 1 unspecified atom stereocenters. The molecular formula is C15H24N2O2. The van der Waals surface area contributed by atoms with Gasteiger partial charge in [-0.05, 0) is 17.4 Å². The molecule has 19 heavy (non-hydrogen) atoms. The molecule has 1 aromatic rings. The molecule has 106 valence electrons. The molecule has 0 aliphatic carbocycles. The highest BCUT2D eigenvalue weighted by atomic mass is 16.3. The lowest BCUT2D eigenvalue weighted by Crippen LogP contribution is -2.39. The van der Waals surface area contributed by atoms with E-state index in [0.29, 0.717) is 6.42 Å². The molecule has 1 rings (SSSR count). The number of hydrogen-bond acceptors (Lipinski definition) is 3. The highest BCUT2D eigenvalue weighted by Gasteiger charge is 2.19. The Hall–Kier alpha value is -1.39. The minimum Gasteiger partial charge on any atom is -0.391 e. The highest BCUT2D eigenvalue weighted by Crippen LogP contribution is 2.20. The molecule has 0 radical (unpaired) electrons. The average Bonchev–Trinajstić information content (AvgIpc) is 2.34. The van der Waals surface area contributed by atoms with Crippen LogP contribution in [0.4, 0.5) is 0 Å². The summed E-state index contributed by atoms with van der Waals surface area (Å²) in [5, 5.41) is 12.5. The maximum absolute atomic E-state index is 11.9. The smallest absolute Gasteiger partial charge is 0.241 e. The van der Waals surface area contributed by atoms with E-state index in [2.05, 4.69) is 5.32 Å². The van der Waals surface area contributed by atoms with Crippen LogP contribution in [0.15, 0.2) is 30.3 Å². The molecule has 0 saturated heterocycles. The normalized spacial score (nSPS) is 14.8. The van der Waals surface area contributed by atoms with Crippen LogP contribution in [0, 0.1) is 5.41 Å². The van der Waals surface area contributed by atoms with E-state index in [0.717, 1.165) is 5.56 Å². The van der Waals surface area contributed by atoms with Crippen molar-refractivity contribution in [2.45, 2.75) is 39.3 Å². The molecule has 4 heteroatoms. The Labute approximate surface area is 115 Å². The number of nitrogens with two attached hydrogens (primary N) is 1. The molecule has 4 N–H and O–H groups in total. The number of carbonyl (C=O) groups is 1. The van der Waals surface area contributed by atoms with Crippen molar-refractivity contribution in [2.24, 2.45) is 11.1 Å². The Bertz CT molecular complexity index is 398. The summed E-state index contributed by atoms with van der Waals surface area (Å²) < 4.78 is 0. The van der Waals surface area contributed by atoms with E-state index in [1.807, 2.05) is 51.1 Å². The molecule has 1 aromatic carbocycles. The maximum Gasteiger partial charge on any atom is 0.241 e. The van der Waals surface area contributed by atoms with Crippen LogP contribution in [-0.2, 0) is 4.79 Å². The molecule has 0 saturated carbocycles. The number of benzene rings is 1. The zero-order valence-electron chi connectivity index (χ0n) is 11.9. The summed E-state index contributed by atoms with van der Waals surface area (Å²) in [4.78, 5) is 11.9. The van der Waals surface area contributed by atoms with Crippen LogP contribution in [0.3, 0.4) is 0 Å². The largest absolute Gasteiger partial charge is 0.391 e. The molecule has 0 fully saturated rings. The predicted molar refractivity (Wildman–Crippen MR) is 76.5 cm³/mol. The van der Waals surface area contributed by atoms with E-state index < -0.39 is 12.1 Å². The van der Waals surface area contributed by atoms with E-state index in [-0.39, 0.29) is 17.9 Å². The van der Waals surface area contributed by atoms with Crippen LogP contribution >= 0.6 is 0 Å². The fourth-order valence-corrected chi connectivity index (χ4v) is 1.92. The zero-order valence-corrected chi connectivity index (χ0v) is 11.9. The molecule has 0 spiro atoms. The second kappa shape index (κ2) is 6.68. The quantitative estimate of drug-likeness (QED) is 0.756. The summed E-state index contributed by atoms with van der Waals surface area (Å²) in [6, 6.07) is 8.50. The van der Waals surface area contributed by atoms with Crippen molar-refractivity contribution in [2.75, 3.05) is 6.54 Å². The number of rotatable bonds is 5. The molecule has 0 bridgehead atoms. The van der Waals surface area contributed by atoms with Crippen molar-refractivity contribution in [1.29, 1.82) is 0 Å². The van der Waals surface area contributed by atoms with Crippen LogP contribution in [0.2, 0.25) is 0 Å². The second-order valence-corrected chi connectivity index (χ2v) is 6.05.